The zero-order chi connectivity index (χ0) is 19.3. The third kappa shape index (κ3) is 5.05. The van der Waals surface area contributed by atoms with Gasteiger partial charge >= 0.3 is 6.18 Å². The molecule has 1 amide bonds. The number of carbonyl (C=O) groups is 1. The van der Waals surface area contributed by atoms with Crippen LogP contribution in [0, 0.1) is 0 Å². The largest absolute Gasteiger partial charge is 0.416 e. The molecule has 0 fully saturated rings. The number of carbonyl (C=O) groups excluding carboxylic acids is 1. The van der Waals surface area contributed by atoms with Crippen molar-refractivity contribution in [3.05, 3.63) is 59.4 Å². The summed E-state index contributed by atoms with van der Waals surface area (Å²) in [5.41, 5.74) is -0.140. The van der Waals surface area contributed by atoms with Gasteiger partial charge in [-0.25, -0.2) is 9.97 Å². The van der Waals surface area contributed by atoms with E-state index in [4.69, 9.17) is 0 Å². The average molecular weight is 364 g/mol. The minimum absolute atomic E-state index is 0.0143. The monoisotopic (exact) mass is 364 g/mol. The summed E-state index contributed by atoms with van der Waals surface area (Å²) in [6.07, 6.45) is 1.36. The van der Waals surface area contributed by atoms with Gasteiger partial charge in [-0.15, -0.1) is 0 Å². The van der Waals surface area contributed by atoms with Crippen LogP contribution in [-0.2, 0) is 11.0 Å². The molecule has 138 valence electrons. The molecule has 1 unspecified atom stereocenters. The molecule has 1 aromatic heterocycles. The summed E-state index contributed by atoms with van der Waals surface area (Å²) in [4.78, 5) is 22.0. The van der Waals surface area contributed by atoms with Crippen LogP contribution in [0.25, 0.3) is 6.08 Å². The topological polar surface area (TPSA) is 58.1 Å². The molecule has 5 nitrogen and oxygen atoms in total. The van der Waals surface area contributed by atoms with Crippen molar-refractivity contribution < 1.29 is 18.0 Å². The second-order valence-electron chi connectivity index (χ2n) is 5.86. The minimum Gasteiger partial charge on any atom is -0.347 e. The van der Waals surface area contributed by atoms with Crippen LogP contribution in [0.3, 0.4) is 0 Å². The molecule has 0 aliphatic carbocycles. The van der Waals surface area contributed by atoms with Crippen LogP contribution in [0.2, 0.25) is 0 Å². The molecule has 0 radical (unpaired) electrons. The summed E-state index contributed by atoms with van der Waals surface area (Å²) in [5, 5.41) is 2.53. The summed E-state index contributed by atoms with van der Waals surface area (Å²) in [7, 11) is 3.61. The number of anilines is 1. The molecule has 8 heteroatoms. The van der Waals surface area contributed by atoms with Crippen molar-refractivity contribution in [3.8, 4) is 0 Å². The van der Waals surface area contributed by atoms with Gasteiger partial charge < -0.3 is 10.2 Å². The maximum Gasteiger partial charge on any atom is 0.416 e. The van der Waals surface area contributed by atoms with Crippen molar-refractivity contribution in [1.29, 1.82) is 0 Å². The number of alkyl halides is 3. The molecule has 2 aromatic rings. The van der Waals surface area contributed by atoms with Gasteiger partial charge in [0.25, 0.3) is 0 Å². The maximum atomic E-state index is 13.1. The van der Waals surface area contributed by atoms with E-state index < -0.39 is 23.7 Å². The smallest absolute Gasteiger partial charge is 0.347 e. The molecule has 0 saturated heterocycles. The van der Waals surface area contributed by atoms with Crippen molar-refractivity contribution in [2.75, 3.05) is 19.0 Å². The van der Waals surface area contributed by atoms with Crippen LogP contribution in [0.15, 0.2) is 42.7 Å². The van der Waals surface area contributed by atoms with E-state index in [9.17, 15) is 18.0 Å². The van der Waals surface area contributed by atoms with E-state index in [0.717, 1.165) is 6.07 Å². The number of nitrogens with one attached hydrogen (secondary N) is 1. The average Bonchev–Trinajstić information content (AvgIpc) is 2.59. The van der Waals surface area contributed by atoms with Crippen LogP contribution < -0.4 is 10.2 Å². The first-order valence-corrected chi connectivity index (χ1v) is 7.82. The predicted octanol–water partition coefficient (Wildman–Crippen LogP) is 3.45. The van der Waals surface area contributed by atoms with Crippen LogP contribution in [-0.4, -0.2) is 30.0 Å². The molecule has 0 spiro atoms. The molecule has 0 saturated carbocycles. The molecule has 26 heavy (non-hydrogen) atoms. The molecular formula is C18H19F3N4O. The molecule has 0 aliphatic rings. The third-order valence-corrected chi connectivity index (χ3v) is 3.58. The van der Waals surface area contributed by atoms with E-state index in [1.165, 1.54) is 37.3 Å². The maximum absolute atomic E-state index is 13.1. The lowest BCUT2D eigenvalue weighted by Gasteiger charge is -2.18. The standard InChI is InChI=1S/C18H19F3N4O/c1-12(14-6-4-5-7-15(14)18(19,20)21)24-16(26)9-8-13-10-22-17(23-11-13)25(2)3/h4-12H,1-3H3,(H,24,26). The molecule has 1 aromatic carbocycles. The lowest BCUT2D eigenvalue weighted by molar-refractivity contribution is -0.138. The summed E-state index contributed by atoms with van der Waals surface area (Å²) < 4.78 is 39.2. The molecule has 1 N–H and O–H groups in total. The quantitative estimate of drug-likeness (QED) is 0.826. The Morgan fingerprint density at radius 2 is 1.81 bits per heavy atom. The van der Waals surface area contributed by atoms with Gasteiger partial charge in [0.1, 0.15) is 0 Å². The van der Waals surface area contributed by atoms with Crippen molar-refractivity contribution in [2.45, 2.75) is 19.1 Å². The van der Waals surface area contributed by atoms with Gasteiger partial charge in [-0.2, -0.15) is 13.2 Å². The van der Waals surface area contributed by atoms with Crippen LogP contribution in [0.5, 0.6) is 0 Å². The Morgan fingerprint density at radius 3 is 2.38 bits per heavy atom. The first-order valence-electron chi connectivity index (χ1n) is 7.82. The Labute approximate surface area is 149 Å². The highest BCUT2D eigenvalue weighted by Gasteiger charge is 2.34. The first kappa shape index (κ1) is 19.4. The Hall–Kier alpha value is -2.90. The molecular weight excluding hydrogens is 345 g/mol. The number of aromatic nitrogens is 2. The van der Waals surface area contributed by atoms with E-state index in [0.29, 0.717) is 11.5 Å². The van der Waals surface area contributed by atoms with Crippen LogP contribution >= 0.6 is 0 Å². The number of benzene rings is 1. The van der Waals surface area contributed by atoms with Gasteiger partial charge in [0.15, 0.2) is 0 Å². The molecule has 1 heterocycles. The fourth-order valence-electron chi connectivity index (χ4n) is 2.29. The Bertz CT molecular complexity index is 786. The number of nitrogens with zero attached hydrogens (tertiary/aromatic N) is 3. The predicted molar refractivity (Wildman–Crippen MR) is 93.4 cm³/mol. The van der Waals surface area contributed by atoms with E-state index in [1.54, 1.807) is 31.4 Å². The van der Waals surface area contributed by atoms with Crippen LogP contribution in [0.4, 0.5) is 19.1 Å². The van der Waals surface area contributed by atoms with Gasteiger partial charge in [-0.1, -0.05) is 18.2 Å². The van der Waals surface area contributed by atoms with E-state index in [1.807, 2.05) is 0 Å². The Morgan fingerprint density at radius 1 is 1.19 bits per heavy atom. The highest BCUT2D eigenvalue weighted by Crippen LogP contribution is 2.34. The number of hydrogen-bond acceptors (Lipinski definition) is 4. The van der Waals surface area contributed by atoms with Crippen molar-refractivity contribution in [1.82, 2.24) is 15.3 Å². The van der Waals surface area contributed by atoms with E-state index >= 15 is 0 Å². The Kier molecular flexibility index (Phi) is 5.97. The summed E-state index contributed by atoms with van der Waals surface area (Å²) in [5.74, 6) is 0.0233. The van der Waals surface area contributed by atoms with E-state index in [2.05, 4.69) is 15.3 Å². The molecule has 2 rings (SSSR count). The van der Waals surface area contributed by atoms with Crippen LogP contribution in [0.1, 0.15) is 29.7 Å². The highest BCUT2D eigenvalue weighted by atomic mass is 19.4. The SMILES string of the molecule is CC(NC(=O)C=Cc1cnc(N(C)C)nc1)c1ccccc1C(F)(F)F. The number of rotatable bonds is 5. The second-order valence-corrected chi connectivity index (χ2v) is 5.86. The summed E-state index contributed by atoms with van der Waals surface area (Å²) in [6.45, 7) is 1.51. The fraction of sp³-hybridized carbons (Fsp3) is 0.278. The van der Waals surface area contributed by atoms with Crippen molar-refractivity contribution in [2.24, 2.45) is 0 Å². The minimum atomic E-state index is -4.48. The van der Waals surface area contributed by atoms with Crippen molar-refractivity contribution in [3.63, 3.8) is 0 Å². The molecule has 0 bridgehead atoms. The highest BCUT2D eigenvalue weighted by molar-refractivity contribution is 5.91. The van der Waals surface area contributed by atoms with Gasteiger partial charge in [0.2, 0.25) is 11.9 Å². The molecule has 1 atom stereocenters. The fourth-order valence-corrected chi connectivity index (χ4v) is 2.29. The van der Waals surface area contributed by atoms with Gasteiger partial charge in [-0.05, 0) is 24.6 Å². The number of hydrogen-bond donors (Lipinski definition) is 1. The number of halogens is 3. The first-order chi connectivity index (χ1) is 12.2. The zero-order valence-corrected chi connectivity index (χ0v) is 14.6. The lowest BCUT2D eigenvalue weighted by atomic mass is 10.0. The summed E-state index contributed by atoms with van der Waals surface area (Å²) in [6, 6.07) is 4.38. The normalized spacial score (nSPS) is 12.8. The van der Waals surface area contributed by atoms with Gasteiger partial charge in [0.05, 0.1) is 11.6 Å². The second kappa shape index (κ2) is 7.99. The summed E-state index contributed by atoms with van der Waals surface area (Å²) >= 11 is 0. The van der Waals surface area contributed by atoms with Crippen molar-refractivity contribution >= 4 is 17.9 Å². The third-order valence-electron chi connectivity index (χ3n) is 3.58. The van der Waals surface area contributed by atoms with Gasteiger partial charge in [0, 0.05) is 38.1 Å². The number of amides is 1. The van der Waals surface area contributed by atoms with Gasteiger partial charge in [-0.3, -0.25) is 4.79 Å². The Balaban J connectivity index is 2.06. The van der Waals surface area contributed by atoms with E-state index in [-0.39, 0.29) is 5.56 Å². The lowest BCUT2D eigenvalue weighted by Crippen LogP contribution is -2.26. The zero-order valence-electron chi connectivity index (χ0n) is 14.6. The molecule has 0 aliphatic heterocycles.